The van der Waals surface area contributed by atoms with Gasteiger partial charge in [-0.15, -0.1) is 11.8 Å². The Bertz CT molecular complexity index is 729. The second-order valence-corrected chi connectivity index (χ2v) is 10.1. The number of likely N-dealkylation sites (tertiary alicyclic amines) is 1. The number of aryl methyl sites for hydroxylation is 2. The van der Waals surface area contributed by atoms with Crippen molar-refractivity contribution in [1.29, 1.82) is 0 Å². The zero-order valence-electron chi connectivity index (χ0n) is 17.4. The fourth-order valence-corrected chi connectivity index (χ4v) is 5.54. The van der Waals surface area contributed by atoms with E-state index in [1.807, 2.05) is 4.90 Å². The summed E-state index contributed by atoms with van der Waals surface area (Å²) in [7, 11) is 0. The summed E-state index contributed by atoms with van der Waals surface area (Å²) < 4.78 is 1.10. The Labute approximate surface area is 186 Å². The number of carbonyl (C=O) groups is 2. The minimum atomic E-state index is -0.0432. The highest BCUT2D eigenvalue weighted by Crippen LogP contribution is 2.28. The van der Waals surface area contributed by atoms with E-state index >= 15 is 0 Å². The number of carbonyl (C=O) groups excluding carboxylic acids is 2. The summed E-state index contributed by atoms with van der Waals surface area (Å²) in [5.41, 5.74) is 2.37. The Balaban J connectivity index is 1.39. The van der Waals surface area contributed by atoms with Crippen LogP contribution in [0.1, 0.15) is 56.1 Å². The largest absolute Gasteiger partial charge is 0.342 e. The molecular formula is C22H32BrN3O2S. The third-order valence-corrected chi connectivity index (χ3v) is 7.93. The summed E-state index contributed by atoms with van der Waals surface area (Å²) in [6.45, 7) is 5.57. The molecule has 1 aromatic rings. The van der Waals surface area contributed by atoms with Crippen LogP contribution in [0.3, 0.4) is 0 Å². The van der Waals surface area contributed by atoms with Crippen molar-refractivity contribution >= 4 is 39.6 Å². The molecule has 3 rings (SSSR count). The van der Waals surface area contributed by atoms with Crippen LogP contribution >= 0.6 is 27.7 Å². The Morgan fingerprint density at radius 2 is 1.62 bits per heavy atom. The minimum Gasteiger partial charge on any atom is -0.342 e. The summed E-state index contributed by atoms with van der Waals surface area (Å²) in [6.07, 6.45) is 7.54. The van der Waals surface area contributed by atoms with Gasteiger partial charge in [-0.3, -0.25) is 4.79 Å². The lowest BCUT2D eigenvalue weighted by atomic mass is 9.96. The van der Waals surface area contributed by atoms with E-state index in [0.29, 0.717) is 24.9 Å². The van der Waals surface area contributed by atoms with Crippen molar-refractivity contribution in [1.82, 2.24) is 15.5 Å². The lowest BCUT2D eigenvalue weighted by molar-refractivity contribution is -0.129. The van der Waals surface area contributed by atoms with Crippen molar-refractivity contribution in [2.75, 3.05) is 18.8 Å². The smallest absolute Gasteiger partial charge is 0.315 e. The third-order valence-electron chi connectivity index (χ3n) is 5.93. The van der Waals surface area contributed by atoms with Crippen molar-refractivity contribution in [3.8, 4) is 0 Å². The van der Waals surface area contributed by atoms with Gasteiger partial charge in [0.15, 0.2) is 0 Å². The molecule has 0 bridgehead atoms. The molecule has 29 heavy (non-hydrogen) atoms. The van der Waals surface area contributed by atoms with Gasteiger partial charge < -0.3 is 15.5 Å². The van der Waals surface area contributed by atoms with Gasteiger partial charge in [-0.05, 0) is 62.8 Å². The van der Waals surface area contributed by atoms with Gasteiger partial charge in [0.05, 0.1) is 5.75 Å². The molecule has 1 aliphatic carbocycles. The van der Waals surface area contributed by atoms with Crippen molar-refractivity contribution in [3.63, 3.8) is 0 Å². The van der Waals surface area contributed by atoms with Crippen LogP contribution in [0.2, 0.25) is 0 Å². The number of nitrogens with zero attached hydrogens (tertiary/aromatic N) is 1. The predicted molar refractivity (Wildman–Crippen MR) is 122 cm³/mol. The number of thioether (sulfide) groups is 1. The topological polar surface area (TPSA) is 61.4 Å². The number of nitrogens with one attached hydrogen (secondary N) is 2. The van der Waals surface area contributed by atoms with Gasteiger partial charge in [-0.2, -0.15) is 0 Å². The lowest BCUT2D eigenvalue weighted by Gasteiger charge is -2.33. The quantitative estimate of drug-likeness (QED) is 0.594. The van der Waals surface area contributed by atoms with E-state index in [-0.39, 0.29) is 18.0 Å². The molecule has 1 saturated carbocycles. The van der Waals surface area contributed by atoms with Crippen molar-refractivity contribution in [3.05, 3.63) is 27.7 Å². The molecule has 2 fully saturated rings. The maximum atomic E-state index is 12.6. The van der Waals surface area contributed by atoms with E-state index in [1.165, 1.54) is 30.4 Å². The SMILES string of the molecule is Cc1cc(SCC(=O)N2CCC(NC(=O)NC3CCCCC3)CC2)c(C)cc1Br. The minimum absolute atomic E-state index is 0.0432. The number of benzene rings is 1. The zero-order chi connectivity index (χ0) is 20.8. The lowest BCUT2D eigenvalue weighted by Crippen LogP contribution is -2.51. The standard InChI is InChI=1S/C22H32BrN3O2S/c1-15-13-20(16(2)12-19(15)23)29-14-21(27)26-10-8-18(9-11-26)25-22(28)24-17-6-4-3-5-7-17/h12-13,17-18H,3-11,14H2,1-2H3,(H2,24,25,28). The Morgan fingerprint density at radius 1 is 1.00 bits per heavy atom. The molecule has 2 aliphatic rings. The van der Waals surface area contributed by atoms with Crippen molar-refractivity contribution in [2.45, 2.75) is 75.8 Å². The van der Waals surface area contributed by atoms with Crippen LogP contribution in [0.5, 0.6) is 0 Å². The highest BCUT2D eigenvalue weighted by Gasteiger charge is 2.25. The summed E-state index contributed by atoms with van der Waals surface area (Å²) >= 11 is 5.16. The molecule has 1 heterocycles. The van der Waals surface area contributed by atoms with Crippen LogP contribution < -0.4 is 10.6 Å². The Hall–Kier alpha value is -1.21. The van der Waals surface area contributed by atoms with Gasteiger partial charge in [-0.1, -0.05) is 35.2 Å². The molecule has 2 N–H and O–H groups in total. The monoisotopic (exact) mass is 481 g/mol. The molecular weight excluding hydrogens is 450 g/mol. The number of rotatable bonds is 5. The molecule has 7 heteroatoms. The van der Waals surface area contributed by atoms with E-state index in [4.69, 9.17) is 0 Å². The van der Waals surface area contributed by atoms with Crippen LogP contribution in [0.15, 0.2) is 21.5 Å². The Morgan fingerprint density at radius 3 is 2.28 bits per heavy atom. The molecule has 0 spiro atoms. The molecule has 1 aliphatic heterocycles. The molecule has 1 saturated heterocycles. The van der Waals surface area contributed by atoms with Gasteiger partial charge in [-0.25, -0.2) is 4.79 Å². The van der Waals surface area contributed by atoms with E-state index in [9.17, 15) is 9.59 Å². The second-order valence-electron chi connectivity index (χ2n) is 8.26. The normalized spacial score (nSPS) is 18.5. The first-order valence-corrected chi connectivity index (χ1v) is 12.4. The average molecular weight is 482 g/mol. The van der Waals surface area contributed by atoms with Crippen LogP contribution in [0, 0.1) is 13.8 Å². The van der Waals surface area contributed by atoms with Crippen LogP contribution in [-0.4, -0.2) is 47.8 Å². The summed E-state index contributed by atoms with van der Waals surface area (Å²) in [5, 5.41) is 6.22. The van der Waals surface area contributed by atoms with Crippen LogP contribution in [0.25, 0.3) is 0 Å². The van der Waals surface area contributed by atoms with Gasteiger partial charge in [0.25, 0.3) is 0 Å². The summed E-state index contributed by atoms with van der Waals surface area (Å²) in [6, 6.07) is 4.69. The molecule has 0 atom stereocenters. The van der Waals surface area contributed by atoms with Gasteiger partial charge in [0.2, 0.25) is 5.91 Å². The number of piperidine rings is 1. The molecule has 0 unspecified atom stereocenters. The first-order valence-electron chi connectivity index (χ1n) is 10.7. The molecule has 3 amide bonds. The maximum Gasteiger partial charge on any atom is 0.315 e. The van der Waals surface area contributed by atoms with Gasteiger partial charge in [0.1, 0.15) is 0 Å². The number of urea groups is 1. The molecule has 5 nitrogen and oxygen atoms in total. The third kappa shape index (κ3) is 6.64. The first kappa shape index (κ1) is 22.5. The molecule has 0 aromatic heterocycles. The zero-order valence-corrected chi connectivity index (χ0v) is 19.8. The fourth-order valence-electron chi connectivity index (χ4n) is 4.07. The molecule has 1 aromatic carbocycles. The van der Waals surface area contributed by atoms with Gasteiger partial charge >= 0.3 is 6.03 Å². The maximum absolute atomic E-state index is 12.6. The van der Waals surface area contributed by atoms with Gasteiger partial charge in [0, 0.05) is 34.5 Å². The van der Waals surface area contributed by atoms with E-state index < -0.39 is 0 Å². The Kier molecular flexibility index (Phi) is 8.30. The van der Waals surface area contributed by atoms with Crippen molar-refractivity contribution < 1.29 is 9.59 Å². The second kappa shape index (κ2) is 10.7. The number of amides is 3. The first-order chi connectivity index (χ1) is 13.9. The number of hydrogen-bond acceptors (Lipinski definition) is 3. The number of hydrogen-bond donors (Lipinski definition) is 2. The fraction of sp³-hybridized carbons (Fsp3) is 0.636. The van der Waals surface area contributed by atoms with Crippen LogP contribution in [0.4, 0.5) is 4.79 Å². The van der Waals surface area contributed by atoms with Crippen LogP contribution in [-0.2, 0) is 4.79 Å². The summed E-state index contributed by atoms with van der Waals surface area (Å²) in [5.74, 6) is 0.641. The number of halogens is 1. The predicted octanol–water partition coefficient (Wildman–Crippen LogP) is 4.78. The summed E-state index contributed by atoms with van der Waals surface area (Å²) in [4.78, 5) is 27.9. The molecule has 0 radical (unpaired) electrons. The highest BCUT2D eigenvalue weighted by molar-refractivity contribution is 9.10. The van der Waals surface area contributed by atoms with E-state index in [1.54, 1.807) is 11.8 Å². The average Bonchev–Trinajstić information content (AvgIpc) is 2.70. The van der Waals surface area contributed by atoms with E-state index in [0.717, 1.165) is 35.1 Å². The van der Waals surface area contributed by atoms with E-state index in [2.05, 4.69) is 52.5 Å². The highest BCUT2D eigenvalue weighted by atomic mass is 79.9. The van der Waals surface area contributed by atoms with Crippen molar-refractivity contribution in [2.24, 2.45) is 0 Å². The molecule has 160 valence electrons.